The van der Waals surface area contributed by atoms with E-state index in [1.807, 2.05) is 0 Å². The molecule has 0 unspecified atom stereocenters. The SMILES string of the molecule is CCOC(=O)C(=Cc1ccc(F)cc1)CC(=O)O. The quantitative estimate of drug-likeness (QED) is 0.644. The summed E-state index contributed by atoms with van der Waals surface area (Å²) in [6.45, 7) is 1.80. The highest BCUT2D eigenvalue weighted by atomic mass is 19.1. The molecule has 0 aliphatic carbocycles. The highest BCUT2D eigenvalue weighted by molar-refractivity contribution is 5.97. The second-order valence-electron chi connectivity index (χ2n) is 3.51. The van der Waals surface area contributed by atoms with Gasteiger partial charge >= 0.3 is 11.9 Å². The highest BCUT2D eigenvalue weighted by Gasteiger charge is 2.14. The van der Waals surface area contributed by atoms with E-state index in [4.69, 9.17) is 9.84 Å². The number of halogens is 1. The molecule has 0 bridgehead atoms. The molecule has 1 N–H and O–H groups in total. The molecule has 0 atom stereocenters. The van der Waals surface area contributed by atoms with Crippen molar-refractivity contribution in [3.05, 3.63) is 41.2 Å². The van der Waals surface area contributed by atoms with E-state index in [0.717, 1.165) is 0 Å². The first-order valence-corrected chi connectivity index (χ1v) is 5.38. The van der Waals surface area contributed by atoms with Crippen molar-refractivity contribution in [2.24, 2.45) is 0 Å². The van der Waals surface area contributed by atoms with Crippen LogP contribution in [0.15, 0.2) is 29.8 Å². The van der Waals surface area contributed by atoms with Crippen molar-refractivity contribution in [2.45, 2.75) is 13.3 Å². The number of ether oxygens (including phenoxy) is 1. The molecule has 96 valence electrons. The van der Waals surface area contributed by atoms with Crippen molar-refractivity contribution in [1.82, 2.24) is 0 Å². The number of benzene rings is 1. The van der Waals surface area contributed by atoms with Gasteiger partial charge in [-0.05, 0) is 30.7 Å². The lowest BCUT2D eigenvalue weighted by Gasteiger charge is -2.04. The van der Waals surface area contributed by atoms with E-state index in [0.29, 0.717) is 5.56 Å². The molecule has 0 fully saturated rings. The topological polar surface area (TPSA) is 63.6 Å². The van der Waals surface area contributed by atoms with Gasteiger partial charge in [-0.3, -0.25) is 4.79 Å². The third-order valence-corrected chi connectivity index (χ3v) is 2.09. The Labute approximate surface area is 104 Å². The van der Waals surface area contributed by atoms with E-state index >= 15 is 0 Å². The summed E-state index contributed by atoms with van der Waals surface area (Å²) in [5.41, 5.74) is 0.566. The van der Waals surface area contributed by atoms with E-state index in [-0.39, 0.29) is 12.2 Å². The Morgan fingerprint density at radius 3 is 2.44 bits per heavy atom. The number of carboxylic acids is 1. The number of carboxylic acid groups (broad SMARTS) is 1. The summed E-state index contributed by atoms with van der Waals surface area (Å²) in [5.74, 6) is -2.20. The molecule has 18 heavy (non-hydrogen) atoms. The fraction of sp³-hybridized carbons (Fsp3) is 0.231. The van der Waals surface area contributed by atoms with Crippen molar-refractivity contribution in [3.8, 4) is 0 Å². The van der Waals surface area contributed by atoms with Crippen LogP contribution in [0.25, 0.3) is 6.08 Å². The van der Waals surface area contributed by atoms with Gasteiger partial charge in [-0.15, -0.1) is 0 Å². The summed E-state index contributed by atoms with van der Waals surface area (Å²) >= 11 is 0. The normalized spacial score (nSPS) is 11.1. The van der Waals surface area contributed by atoms with Crippen molar-refractivity contribution in [3.63, 3.8) is 0 Å². The number of carbonyl (C=O) groups is 2. The third kappa shape index (κ3) is 4.37. The minimum Gasteiger partial charge on any atom is -0.481 e. The summed E-state index contributed by atoms with van der Waals surface area (Å²) in [4.78, 5) is 22.2. The molecule has 1 aromatic carbocycles. The van der Waals surface area contributed by atoms with Gasteiger partial charge in [0.15, 0.2) is 0 Å². The molecule has 0 aliphatic heterocycles. The van der Waals surface area contributed by atoms with Gasteiger partial charge in [0.1, 0.15) is 5.82 Å². The average Bonchev–Trinajstić information content (AvgIpc) is 2.31. The van der Waals surface area contributed by atoms with Gasteiger partial charge in [0, 0.05) is 5.57 Å². The lowest BCUT2D eigenvalue weighted by atomic mass is 10.1. The zero-order valence-electron chi connectivity index (χ0n) is 9.85. The Morgan fingerprint density at radius 1 is 1.33 bits per heavy atom. The molecule has 0 spiro atoms. The van der Waals surface area contributed by atoms with Crippen LogP contribution in [0.5, 0.6) is 0 Å². The Morgan fingerprint density at radius 2 is 1.94 bits per heavy atom. The first kappa shape index (κ1) is 13.9. The maximum Gasteiger partial charge on any atom is 0.334 e. The van der Waals surface area contributed by atoms with Gasteiger partial charge in [0.05, 0.1) is 13.0 Å². The number of carbonyl (C=O) groups excluding carboxylic acids is 1. The standard InChI is InChI=1S/C13H13FO4/c1-2-18-13(17)10(8-12(15)16)7-9-3-5-11(14)6-4-9/h3-7H,2,8H2,1H3,(H,15,16). The molecule has 4 nitrogen and oxygen atoms in total. The summed E-state index contributed by atoms with van der Waals surface area (Å²) in [6.07, 6.45) is 0.946. The van der Waals surface area contributed by atoms with Gasteiger partial charge in [-0.25, -0.2) is 9.18 Å². The van der Waals surface area contributed by atoms with Crippen LogP contribution in [-0.2, 0) is 14.3 Å². The highest BCUT2D eigenvalue weighted by Crippen LogP contribution is 2.12. The molecule has 1 rings (SSSR count). The average molecular weight is 252 g/mol. The van der Waals surface area contributed by atoms with Crippen molar-refractivity contribution < 1.29 is 23.8 Å². The lowest BCUT2D eigenvalue weighted by Crippen LogP contribution is -2.11. The first-order chi connectivity index (χ1) is 8.52. The number of rotatable bonds is 5. The number of aliphatic carboxylic acids is 1. The van der Waals surface area contributed by atoms with Crippen LogP contribution in [0.3, 0.4) is 0 Å². The number of esters is 1. The van der Waals surface area contributed by atoms with Crippen molar-refractivity contribution >= 4 is 18.0 Å². The third-order valence-electron chi connectivity index (χ3n) is 2.09. The lowest BCUT2D eigenvalue weighted by molar-refractivity contribution is -0.142. The van der Waals surface area contributed by atoms with Gasteiger partial charge in [0.25, 0.3) is 0 Å². The molecule has 0 amide bonds. The van der Waals surface area contributed by atoms with Gasteiger partial charge < -0.3 is 9.84 Å². The molecular formula is C13H13FO4. The van der Waals surface area contributed by atoms with Crippen LogP contribution >= 0.6 is 0 Å². The summed E-state index contributed by atoms with van der Waals surface area (Å²) in [5, 5.41) is 8.71. The molecule has 0 aliphatic rings. The molecular weight excluding hydrogens is 239 g/mol. The Hall–Kier alpha value is -2.17. The monoisotopic (exact) mass is 252 g/mol. The predicted molar refractivity (Wildman–Crippen MR) is 63.3 cm³/mol. The van der Waals surface area contributed by atoms with E-state index in [2.05, 4.69) is 0 Å². The van der Waals surface area contributed by atoms with E-state index in [1.165, 1.54) is 30.3 Å². The predicted octanol–water partition coefficient (Wildman–Crippen LogP) is 2.25. The molecule has 0 heterocycles. The van der Waals surface area contributed by atoms with Crippen LogP contribution in [0.4, 0.5) is 4.39 Å². The zero-order chi connectivity index (χ0) is 13.5. The Kier molecular flexibility index (Phi) is 5.05. The van der Waals surface area contributed by atoms with Crippen LogP contribution in [0.2, 0.25) is 0 Å². The molecule has 0 saturated carbocycles. The Balaban J connectivity index is 2.97. The summed E-state index contributed by atoms with van der Waals surface area (Å²) in [7, 11) is 0. The van der Waals surface area contributed by atoms with Crippen LogP contribution in [-0.4, -0.2) is 23.7 Å². The largest absolute Gasteiger partial charge is 0.481 e. The smallest absolute Gasteiger partial charge is 0.334 e. The minimum atomic E-state index is -1.13. The van der Waals surface area contributed by atoms with Gasteiger partial charge in [-0.2, -0.15) is 0 Å². The van der Waals surface area contributed by atoms with Crippen molar-refractivity contribution in [2.75, 3.05) is 6.61 Å². The first-order valence-electron chi connectivity index (χ1n) is 5.38. The van der Waals surface area contributed by atoms with Gasteiger partial charge in [-0.1, -0.05) is 12.1 Å². The summed E-state index contributed by atoms with van der Waals surface area (Å²) < 4.78 is 17.5. The minimum absolute atomic E-state index is 0.0240. The Bertz CT molecular complexity index is 462. The maximum absolute atomic E-state index is 12.7. The van der Waals surface area contributed by atoms with E-state index < -0.39 is 24.2 Å². The van der Waals surface area contributed by atoms with Crippen molar-refractivity contribution in [1.29, 1.82) is 0 Å². The molecule has 0 radical (unpaired) electrons. The fourth-order valence-electron chi connectivity index (χ4n) is 1.33. The number of hydrogen-bond donors (Lipinski definition) is 1. The molecule has 5 heteroatoms. The van der Waals surface area contributed by atoms with E-state index in [9.17, 15) is 14.0 Å². The molecule has 0 aromatic heterocycles. The second-order valence-corrected chi connectivity index (χ2v) is 3.51. The summed E-state index contributed by atoms with van der Waals surface area (Å²) in [6, 6.07) is 5.37. The maximum atomic E-state index is 12.7. The molecule has 1 aromatic rings. The van der Waals surface area contributed by atoms with Gasteiger partial charge in [0.2, 0.25) is 0 Å². The second kappa shape index (κ2) is 6.54. The fourth-order valence-corrected chi connectivity index (χ4v) is 1.33. The zero-order valence-corrected chi connectivity index (χ0v) is 9.85. The van der Waals surface area contributed by atoms with E-state index in [1.54, 1.807) is 6.92 Å². The number of hydrogen-bond acceptors (Lipinski definition) is 3. The van der Waals surface area contributed by atoms with Crippen LogP contribution in [0, 0.1) is 5.82 Å². The van der Waals surface area contributed by atoms with Crippen LogP contribution in [0.1, 0.15) is 18.9 Å². The van der Waals surface area contributed by atoms with Crippen LogP contribution < -0.4 is 0 Å². The molecule has 0 saturated heterocycles.